The number of hydrogen-bond donors (Lipinski definition) is 1. The fourth-order valence-electron chi connectivity index (χ4n) is 1.47. The first-order valence-corrected chi connectivity index (χ1v) is 7.00. The molecule has 0 radical (unpaired) electrons. The Morgan fingerprint density at radius 2 is 2.19 bits per heavy atom. The largest absolute Gasteiger partial charge is 0.359 e. The summed E-state index contributed by atoms with van der Waals surface area (Å²) in [6.07, 6.45) is 3.08. The van der Waals surface area contributed by atoms with Crippen molar-refractivity contribution in [1.82, 2.24) is 4.98 Å². The van der Waals surface area contributed by atoms with Gasteiger partial charge >= 0.3 is 0 Å². The molecule has 0 atom stereocenters. The van der Waals surface area contributed by atoms with Crippen LogP contribution in [-0.4, -0.2) is 30.6 Å². The van der Waals surface area contributed by atoms with Crippen LogP contribution in [-0.2, 0) is 13.0 Å². The Hall–Kier alpha value is -0.740. The molecule has 4 heteroatoms. The Morgan fingerprint density at radius 3 is 2.75 bits per heavy atom. The van der Waals surface area contributed by atoms with Gasteiger partial charge in [0, 0.05) is 31.6 Å². The van der Waals surface area contributed by atoms with E-state index < -0.39 is 0 Å². The van der Waals surface area contributed by atoms with E-state index in [2.05, 4.69) is 42.2 Å². The Bertz CT molecular complexity index is 306. The van der Waals surface area contributed by atoms with E-state index in [1.807, 2.05) is 11.8 Å². The van der Waals surface area contributed by atoms with Gasteiger partial charge in [-0.2, -0.15) is 11.8 Å². The summed E-state index contributed by atoms with van der Waals surface area (Å²) in [5.74, 6) is 2.15. The highest BCUT2D eigenvalue weighted by atomic mass is 32.2. The third kappa shape index (κ3) is 3.68. The molecule has 0 fully saturated rings. The number of anilines is 1. The standard InChI is InChI=1S/C12H21N3S/c1-4-11-7-10(9-13)8-12(14-11)15(2)5-6-16-3/h7-8H,4-6,9,13H2,1-3H3. The van der Waals surface area contributed by atoms with Crippen molar-refractivity contribution >= 4 is 17.6 Å². The van der Waals surface area contributed by atoms with Crippen molar-refractivity contribution in [3.8, 4) is 0 Å². The molecule has 0 aliphatic heterocycles. The molecule has 1 heterocycles. The first-order valence-electron chi connectivity index (χ1n) is 5.61. The van der Waals surface area contributed by atoms with E-state index in [0.717, 1.165) is 35.8 Å². The van der Waals surface area contributed by atoms with Crippen molar-refractivity contribution in [2.24, 2.45) is 5.73 Å². The van der Waals surface area contributed by atoms with Crippen LogP contribution in [0.5, 0.6) is 0 Å². The zero-order chi connectivity index (χ0) is 12.0. The highest BCUT2D eigenvalue weighted by molar-refractivity contribution is 7.98. The summed E-state index contributed by atoms with van der Waals surface area (Å²) in [5, 5.41) is 0. The average molecular weight is 239 g/mol. The van der Waals surface area contributed by atoms with Crippen LogP contribution in [0.15, 0.2) is 12.1 Å². The summed E-state index contributed by atoms with van der Waals surface area (Å²) in [4.78, 5) is 6.80. The molecule has 0 bridgehead atoms. The van der Waals surface area contributed by atoms with Crippen LogP contribution < -0.4 is 10.6 Å². The predicted octanol–water partition coefficient (Wildman–Crippen LogP) is 1.90. The minimum absolute atomic E-state index is 0.582. The molecule has 1 rings (SSSR count). The summed E-state index contributed by atoms with van der Waals surface area (Å²) >= 11 is 1.85. The molecule has 16 heavy (non-hydrogen) atoms. The Kier molecular flexibility index (Phi) is 5.63. The minimum Gasteiger partial charge on any atom is -0.359 e. The van der Waals surface area contributed by atoms with Gasteiger partial charge in [-0.3, -0.25) is 0 Å². The molecule has 0 saturated heterocycles. The summed E-state index contributed by atoms with van der Waals surface area (Å²) in [6, 6.07) is 4.17. The lowest BCUT2D eigenvalue weighted by atomic mass is 10.2. The van der Waals surface area contributed by atoms with E-state index in [9.17, 15) is 0 Å². The van der Waals surface area contributed by atoms with Gasteiger partial charge < -0.3 is 10.6 Å². The molecule has 0 aliphatic rings. The van der Waals surface area contributed by atoms with Gasteiger partial charge in [-0.1, -0.05) is 6.92 Å². The van der Waals surface area contributed by atoms with Gasteiger partial charge in [-0.25, -0.2) is 4.98 Å². The van der Waals surface area contributed by atoms with E-state index in [4.69, 9.17) is 5.73 Å². The summed E-state index contributed by atoms with van der Waals surface area (Å²) < 4.78 is 0. The van der Waals surface area contributed by atoms with E-state index in [1.54, 1.807) is 0 Å². The molecular formula is C12H21N3S. The maximum Gasteiger partial charge on any atom is 0.128 e. The van der Waals surface area contributed by atoms with Gasteiger partial charge in [0.05, 0.1) is 0 Å². The number of rotatable bonds is 6. The monoisotopic (exact) mass is 239 g/mol. The van der Waals surface area contributed by atoms with E-state index in [-0.39, 0.29) is 0 Å². The van der Waals surface area contributed by atoms with Crippen molar-refractivity contribution in [1.29, 1.82) is 0 Å². The number of aryl methyl sites for hydroxylation is 1. The molecule has 0 aliphatic carbocycles. The Labute approximate surface area is 102 Å². The van der Waals surface area contributed by atoms with Crippen LogP contribution in [0.1, 0.15) is 18.2 Å². The zero-order valence-electron chi connectivity index (χ0n) is 10.4. The second-order valence-electron chi connectivity index (χ2n) is 3.80. The lowest BCUT2D eigenvalue weighted by molar-refractivity contribution is 0.909. The smallest absolute Gasteiger partial charge is 0.128 e. The van der Waals surface area contributed by atoms with Crippen LogP contribution in [0.2, 0.25) is 0 Å². The summed E-state index contributed by atoms with van der Waals surface area (Å²) in [5.41, 5.74) is 7.98. The fourth-order valence-corrected chi connectivity index (χ4v) is 1.93. The lowest BCUT2D eigenvalue weighted by Gasteiger charge is -2.19. The van der Waals surface area contributed by atoms with Crippen molar-refractivity contribution in [2.75, 3.05) is 30.5 Å². The van der Waals surface area contributed by atoms with Gasteiger partial charge in [0.15, 0.2) is 0 Å². The molecular weight excluding hydrogens is 218 g/mol. The number of nitrogens with two attached hydrogens (primary N) is 1. The third-order valence-corrected chi connectivity index (χ3v) is 3.14. The fraction of sp³-hybridized carbons (Fsp3) is 0.583. The normalized spacial score (nSPS) is 10.5. The number of pyridine rings is 1. The SMILES string of the molecule is CCc1cc(CN)cc(N(C)CCSC)n1. The minimum atomic E-state index is 0.582. The number of hydrogen-bond acceptors (Lipinski definition) is 4. The molecule has 0 saturated carbocycles. The number of thioether (sulfide) groups is 1. The maximum atomic E-state index is 5.69. The second-order valence-corrected chi connectivity index (χ2v) is 4.78. The van der Waals surface area contributed by atoms with Crippen LogP contribution in [0.3, 0.4) is 0 Å². The molecule has 90 valence electrons. The van der Waals surface area contributed by atoms with E-state index in [1.165, 1.54) is 0 Å². The van der Waals surface area contributed by atoms with Gasteiger partial charge in [0.1, 0.15) is 5.82 Å². The maximum absolute atomic E-state index is 5.69. The van der Waals surface area contributed by atoms with Gasteiger partial charge in [0.2, 0.25) is 0 Å². The summed E-state index contributed by atoms with van der Waals surface area (Å²) in [7, 11) is 2.08. The number of nitrogens with zero attached hydrogens (tertiary/aromatic N) is 2. The third-order valence-electron chi connectivity index (χ3n) is 2.54. The van der Waals surface area contributed by atoms with E-state index in [0.29, 0.717) is 6.54 Å². The van der Waals surface area contributed by atoms with Gasteiger partial charge in [-0.05, 0) is 30.4 Å². The van der Waals surface area contributed by atoms with Crippen molar-refractivity contribution < 1.29 is 0 Å². The lowest BCUT2D eigenvalue weighted by Crippen LogP contribution is -2.22. The zero-order valence-corrected chi connectivity index (χ0v) is 11.2. The number of aromatic nitrogens is 1. The average Bonchev–Trinajstić information content (AvgIpc) is 2.35. The van der Waals surface area contributed by atoms with E-state index >= 15 is 0 Å². The first-order chi connectivity index (χ1) is 7.71. The molecule has 0 unspecified atom stereocenters. The highest BCUT2D eigenvalue weighted by Crippen LogP contribution is 2.14. The Morgan fingerprint density at radius 1 is 1.44 bits per heavy atom. The van der Waals surface area contributed by atoms with Crippen LogP contribution in [0.25, 0.3) is 0 Å². The van der Waals surface area contributed by atoms with Crippen molar-refractivity contribution in [3.05, 3.63) is 23.4 Å². The van der Waals surface area contributed by atoms with Gasteiger partial charge in [-0.15, -0.1) is 0 Å². The van der Waals surface area contributed by atoms with Crippen LogP contribution >= 0.6 is 11.8 Å². The first kappa shape index (κ1) is 13.3. The second kappa shape index (κ2) is 6.76. The molecule has 2 N–H and O–H groups in total. The highest BCUT2D eigenvalue weighted by Gasteiger charge is 2.05. The molecule has 1 aromatic heterocycles. The molecule has 3 nitrogen and oxygen atoms in total. The molecule has 0 aromatic carbocycles. The predicted molar refractivity (Wildman–Crippen MR) is 73.2 cm³/mol. The molecule has 1 aromatic rings. The Balaban J connectivity index is 2.85. The quantitative estimate of drug-likeness (QED) is 0.823. The van der Waals surface area contributed by atoms with Gasteiger partial charge in [0.25, 0.3) is 0 Å². The van der Waals surface area contributed by atoms with Crippen LogP contribution in [0, 0.1) is 0 Å². The topological polar surface area (TPSA) is 42.1 Å². The molecule has 0 amide bonds. The van der Waals surface area contributed by atoms with Crippen molar-refractivity contribution in [2.45, 2.75) is 19.9 Å². The van der Waals surface area contributed by atoms with Crippen molar-refractivity contribution in [3.63, 3.8) is 0 Å². The van der Waals surface area contributed by atoms with Crippen LogP contribution in [0.4, 0.5) is 5.82 Å². The summed E-state index contributed by atoms with van der Waals surface area (Å²) in [6.45, 7) is 3.72. The molecule has 0 spiro atoms.